The summed E-state index contributed by atoms with van der Waals surface area (Å²) >= 11 is 1.76. The summed E-state index contributed by atoms with van der Waals surface area (Å²) in [5.74, 6) is 1.22. The Morgan fingerprint density at radius 1 is 1.35 bits per heavy atom. The van der Waals surface area contributed by atoms with Gasteiger partial charge in [-0.3, -0.25) is 14.8 Å². The summed E-state index contributed by atoms with van der Waals surface area (Å²) in [5, 5.41) is 3.61. The van der Waals surface area contributed by atoms with Gasteiger partial charge in [-0.25, -0.2) is 4.98 Å². The average molecular weight is 290 g/mol. The predicted octanol–water partition coefficient (Wildman–Crippen LogP) is 2.42. The summed E-state index contributed by atoms with van der Waals surface area (Å²) in [5.41, 5.74) is 1.55. The smallest absolute Gasteiger partial charge is 0.252 e. The fourth-order valence-electron chi connectivity index (χ4n) is 1.59. The second kappa shape index (κ2) is 7.09. The number of thioether (sulfide) groups is 1. The highest BCUT2D eigenvalue weighted by atomic mass is 32.2. The summed E-state index contributed by atoms with van der Waals surface area (Å²) in [6.07, 6.45) is 1.74. The van der Waals surface area contributed by atoms with Gasteiger partial charge in [-0.1, -0.05) is 19.9 Å². The van der Waals surface area contributed by atoms with E-state index in [1.165, 1.54) is 0 Å². The van der Waals surface area contributed by atoms with E-state index in [4.69, 9.17) is 0 Å². The molecular formula is C14H18N4OS. The molecule has 2 heterocycles. The number of anilines is 1. The standard InChI is InChI=1S/C14H18N4OS/c1-10(2)20-9-12-7-13(19)18-14(17-12)16-8-11-5-3-4-6-15-11/h3-7,10H,8-9H2,1-2H3,(H2,16,17,18,19). The molecule has 0 unspecified atom stereocenters. The van der Waals surface area contributed by atoms with E-state index in [1.54, 1.807) is 24.0 Å². The molecule has 20 heavy (non-hydrogen) atoms. The van der Waals surface area contributed by atoms with Gasteiger partial charge in [0.25, 0.3) is 5.56 Å². The van der Waals surface area contributed by atoms with Crippen LogP contribution in [0.15, 0.2) is 35.3 Å². The highest BCUT2D eigenvalue weighted by Crippen LogP contribution is 2.15. The lowest BCUT2D eigenvalue weighted by Crippen LogP contribution is -2.14. The van der Waals surface area contributed by atoms with E-state index in [2.05, 4.69) is 34.1 Å². The maximum Gasteiger partial charge on any atom is 0.252 e. The van der Waals surface area contributed by atoms with Gasteiger partial charge in [-0.2, -0.15) is 11.8 Å². The highest BCUT2D eigenvalue weighted by molar-refractivity contribution is 7.99. The van der Waals surface area contributed by atoms with Gasteiger partial charge in [0.15, 0.2) is 0 Å². The largest absolute Gasteiger partial charge is 0.350 e. The second-order valence-corrected chi connectivity index (χ2v) is 6.18. The Balaban J connectivity index is 2.02. The lowest BCUT2D eigenvalue weighted by molar-refractivity contribution is 0.972. The van der Waals surface area contributed by atoms with Crippen LogP contribution in [0.4, 0.5) is 5.95 Å². The first-order chi connectivity index (χ1) is 9.63. The number of hydrogen-bond donors (Lipinski definition) is 2. The van der Waals surface area contributed by atoms with Crippen LogP contribution in [0, 0.1) is 0 Å². The van der Waals surface area contributed by atoms with Crippen LogP contribution in [0.2, 0.25) is 0 Å². The Hall–Kier alpha value is -1.82. The van der Waals surface area contributed by atoms with Gasteiger partial charge in [-0.15, -0.1) is 0 Å². The molecule has 0 saturated heterocycles. The molecule has 0 radical (unpaired) electrons. The molecule has 2 aromatic rings. The number of aromatic nitrogens is 3. The van der Waals surface area contributed by atoms with Gasteiger partial charge in [0, 0.05) is 18.0 Å². The summed E-state index contributed by atoms with van der Waals surface area (Å²) in [7, 11) is 0. The number of aromatic amines is 1. The Morgan fingerprint density at radius 3 is 2.90 bits per heavy atom. The van der Waals surface area contributed by atoms with Crippen LogP contribution in [0.1, 0.15) is 25.2 Å². The fourth-order valence-corrected chi connectivity index (χ4v) is 2.25. The minimum Gasteiger partial charge on any atom is -0.350 e. The molecule has 6 heteroatoms. The molecule has 5 nitrogen and oxygen atoms in total. The van der Waals surface area contributed by atoms with E-state index in [0.29, 0.717) is 17.7 Å². The van der Waals surface area contributed by atoms with Crippen molar-refractivity contribution in [2.75, 3.05) is 5.32 Å². The predicted molar refractivity (Wildman–Crippen MR) is 82.9 cm³/mol. The molecule has 106 valence electrons. The van der Waals surface area contributed by atoms with Crippen LogP contribution in [0.25, 0.3) is 0 Å². The SMILES string of the molecule is CC(C)SCc1cc(=O)[nH]c(NCc2ccccn2)n1. The Kier molecular flexibility index (Phi) is 5.17. The molecule has 0 aliphatic rings. The van der Waals surface area contributed by atoms with E-state index in [1.807, 2.05) is 18.2 Å². The van der Waals surface area contributed by atoms with E-state index in [9.17, 15) is 4.79 Å². The van der Waals surface area contributed by atoms with E-state index >= 15 is 0 Å². The van der Waals surface area contributed by atoms with Crippen molar-refractivity contribution >= 4 is 17.7 Å². The lowest BCUT2D eigenvalue weighted by Gasteiger charge is -2.07. The van der Waals surface area contributed by atoms with Crippen molar-refractivity contribution in [2.45, 2.75) is 31.4 Å². The van der Waals surface area contributed by atoms with Crippen molar-refractivity contribution in [1.82, 2.24) is 15.0 Å². The van der Waals surface area contributed by atoms with Gasteiger partial charge in [0.05, 0.1) is 17.9 Å². The molecule has 0 aliphatic carbocycles. The van der Waals surface area contributed by atoms with Gasteiger partial charge in [0.2, 0.25) is 5.95 Å². The molecule has 0 bridgehead atoms. The normalized spacial score (nSPS) is 10.8. The molecule has 0 aliphatic heterocycles. The zero-order valence-electron chi connectivity index (χ0n) is 11.6. The van der Waals surface area contributed by atoms with Crippen LogP contribution in [0.5, 0.6) is 0 Å². The number of rotatable bonds is 6. The summed E-state index contributed by atoms with van der Waals surface area (Å²) in [4.78, 5) is 22.9. The number of H-pyrrole nitrogens is 1. The van der Waals surface area contributed by atoms with Crippen molar-refractivity contribution in [1.29, 1.82) is 0 Å². The molecule has 0 amide bonds. The van der Waals surface area contributed by atoms with Gasteiger partial charge < -0.3 is 5.32 Å². The molecule has 0 spiro atoms. The van der Waals surface area contributed by atoms with Crippen molar-refractivity contribution in [2.24, 2.45) is 0 Å². The third-order valence-electron chi connectivity index (χ3n) is 2.52. The number of hydrogen-bond acceptors (Lipinski definition) is 5. The van der Waals surface area contributed by atoms with Crippen molar-refractivity contribution in [3.63, 3.8) is 0 Å². The molecule has 0 fully saturated rings. The molecule has 2 aromatic heterocycles. The van der Waals surface area contributed by atoms with Gasteiger partial charge in [-0.05, 0) is 17.4 Å². The van der Waals surface area contributed by atoms with Crippen LogP contribution >= 0.6 is 11.8 Å². The third-order valence-corrected chi connectivity index (χ3v) is 3.65. The minimum absolute atomic E-state index is 0.136. The highest BCUT2D eigenvalue weighted by Gasteiger charge is 2.03. The van der Waals surface area contributed by atoms with Crippen molar-refractivity contribution < 1.29 is 0 Å². The molecule has 2 rings (SSSR count). The first kappa shape index (κ1) is 14.6. The number of nitrogens with one attached hydrogen (secondary N) is 2. The van der Waals surface area contributed by atoms with E-state index in [0.717, 1.165) is 17.1 Å². The third kappa shape index (κ3) is 4.70. The Bertz CT molecular complexity index is 598. The number of nitrogens with zero attached hydrogens (tertiary/aromatic N) is 2. The molecule has 0 saturated carbocycles. The molecule has 0 aromatic carbocycles. The van der Waals surface area contributed by atoms with Crippen LogP contribution in [-0.2, 0) is 12.3 Å². The van der Waals surface area contributed by atoms with Crippen LogP contribution in [-0.4, -0.2) is 20.2 Å². The van der Waals surface area contributed by atoms with Crippen LogP contribution < -0.4 is 10.9 Å². The minimum atomic E-state index is -0.136. The Morgan fingerprint density at radius 2 is 2.20 bits per heavy atom. The maximum absolute atomic E-state index is 11.6. The van der Waals surface area contributed by atoms with Crippen LogP contribution in [0.3, 0.4) is 0 Å². The zero-order chi connectivity index (χ0) is 14.4. The summed E-state index contributed by atoms with van der Waals surface area (Å²) in [6.45, 7) is 4.78. The van der Waals surface area contributed by atoms with Crippen molar-refractivity contribution in [3.05, 3.63) is 52.2 Å². The quantitative estimate of drug-likeness (QED) is 0.855. The zero-order valence-corrected chi connectivity index (χ0v) is 12.4. The van der Waals surface area contributed by atoms with Gasteiger partial charge in [0.1, 0.15) is 0 Å². The van der Waals surface area contributed by atoms with Crippen molar-refractivity contribution in [3.8, 4) is 0 Å². The molecule has 0 atom stereocenters. The van der Waals surface area contributed by atoms with Gasteiger partial charge >= 0.3 is 0 Å². The first-order valence-electron chi connectivity index (χ1n) is 6.49. The summed E-state index contributed by atoms with van der Waals surface area (Å²) < 4.78 is 0. The van der Waals surface area contributed by atoms with E-state index in [-0.39, 0.29) is 5.56 Å². The maximum atomic E-state index is 11.6. The topological polar surface area (TPSA) is 70.7 Å². The van der Waals surface area contributed by atoms with E-state index < -0.39 is 0 Å². The first-order valence-corrected chi connectivity index (χ1v) is 7.54. The Labute approximate surface area is 122 Å². The molecular weight excluding hydrogens is 272 g/mol. The fraction of sp³-hybridized carbons (Fsp3) is 0.357. The lowest BCUT2D eigenvalue weighted by atomic mass is 10.3. The monoisotopic (exact) mass is 290 g/mol. The summed E-state index contributed by atoms with van der Waals surface area (Å²) in [6, 6.07) is 7.26. The molecule has 2 N–H and O–H groups in total. The second-order valence-electron chi connectivity index (χ2n) is 4.62. The average Bonchev–Trinajstić information content (AvgIpc) is 2.44. The number of pyridine rings is 1.